The highest BCUT2D eigenvalue weighted by molar-refractivity contribution is 5.75. The van der Waals surface area contributed by atoms with Crippen molar-refractivity contribution < 1.29 is 0 Å². The predicted octanol–water partition coefficient (Wildman–Crippen LogP) is 3.09. The first-order valence-corrected chi connectivity index (χ1v) is 13.0. The molecule has 0 spiro atoms. The highest BCUT2D eigenvalue weighted by Gasteiger charge is 2.18. The monoisotopic (exact) mass is 483 g/mol. The van der Waals surface area contributed by atoms with E-state index in [2.05, 4.69) is 55.9 Å². The van der Waals surface area contributed by atoms with Crippen molar-refractivity contribution in [2.75, 3.05) is 71.5 Å². The fourth-order valence-electron chi connectivity index (χ4n) is 4.07. The third-order valence-electron chi connectivity index (χ3n) is 6.08. The second kappa shape index (κ2) is 15.3. The number of aromatic nitrogens is 3. The molecule has 8 heteroatoms. The molecule has 4 heterocycles. The number of benzene rings is 1. The number of piperazine rings is 2. The van der Waals surface area contributed by atoms with Gasteiger partial charge < -0.3 is 19.8 Å². The average Bonchev–Trinajstić information content (AvgIpc) is 3.25. The molecular weight excluding hydrogens is 438 g/mol. The maximum absolute atomic E-state index is 12.0. The Kier molecular flexibility index (Phi) is 12.5. The summed E-state index contributed by atoms with van der Waals surface area (Å²) in [7, 11) is 4.29. The molecule has 8 nitrogen and oxygen atoms in total. The molecule has 194 valence electrons. The molecule has 35 heavy (non-hydrogen) atoms. The topological polar surface area (TPSA) is 63.6 Å². The molecule has 2 saturated heterocycles. The molecule has 0 amide bonds. The smallest absolute Gasteiger partial charge is 0.306 e. The zero-order chi connectivity index (χ0) is 25.6. The summed E-state index contributed by atoms with van der Waals surface area (Å²) in [6.45, 7) is 17.6. The minimum atomic E-state index is -0.0456. The fourth-order valence-corrected chi connectivity index (χ4v) is 4.07. The van der Waals surface area contributed by atoms with E-state index in [1.807, 2.05) is 64.4 Å². The molecule has 1 aromatic carbocycles. The van der Waals surface area contributed by atoms with Crippen molar-refractivity contribution in [2.24, 2.45) is 0 Å². The van der Waals surface area contributed by atoms with Crippen LogP contribution in [0.3, 0.4) is 0 Å². The number of nitrogens with zero attached hydrogens (tertiary/aromatic N) is 6. The molecular formula is C27H45N7O. The third kappa shape index (κ3) is 8.49. The number of H-pyrrole nitrogens is 1. The van der Waals surface area contributed by atoms with Gasteiger partial charge in [-0.25, -0.2) is 9.47 Å². The third-order valence-corrected chi connectivity index (χ3v) is 6.08. The summed E-state index contributed by atoms with van der Waals surface area (Å²) in [5.41, 5.74) is 3.18. The summed E-state index contributed by atoms with van der Waals surface area (Å²) < 4.78 is 1.77. The quantitative estimate of drug-likeness (QED) is 0.618. The summed E-state index contributed by atoms with van der Waals surface area (Å²) in [4.78, 5) is 26.0. The zero-order valence-electron chi connectivity index (χ0n) is 22.6. The molecule has 3 aromatic rings. The summed E-state index contributed by atoms with van der Waals surface area (Å²) in [6.07, 6.45) is 3.73. The van der Waals surface area contributed by atoms with Crippen LogP contribution < -0.4 is 10.7 Å². The van der Waals surface area contributed by atoms with Crippen molar-refractivity contribution in [3.63, 3.8) is 0 Å². The number of likely N-dealkylation sites (N-methyl/N-ethyl adjacent to an activating group) is 2. The standard InChI is InChI=1S/C12H16N4O.C11H17N3.2C2H6/c1-14-6-8-15(9-7-14)16-11-5-3-2-4-10(11)13-12(16)17;1-13-6-8-14(9-7-13)10-11-2-4-12-5-3-11;2*1-2/h2-5H,6-9H2,1H3,(H,13,17);2-5H,6-10H2,1H3;2*1-2H3. The van der Waals surface area contributed by atoms with Gasteiger partial charge in [-0.05, 0) is 43.9 Å². The number of rotatable bonds is 3. The van der Waals surface area contributed by atoms with E-state index in [0.29, 0.717) is 0 Å². The van der Waals surface area contributed by atoms with Crippen LogP contribution in [0.2, 0.25) is 0 Å². The van der Waals surface area contributed by atoms with Crippen LogP contribution in [0.15, 0.2) is 53.6 Å². The summed E-state index contributed by atoms with van der Waals surface area (Å²) in [5, 5.41) is 2.11. The maximum Gasteiger partial charge on any atom is 0.345 e. The first-order chi connectivity index (χ1) is 17.1. The van der Waals surface area contributed by atoms with Crippen LogP contribution in [-0.4, -0.2) is 95.8 Å². The fraction of sp³-hybridized carbons (Fsp3) is 0.556. The number of aromatic amines is 1. The van der Waals surface area contributed by atoms with Gasteiger partial charge in [0, 0.05) is 71.3 Å². The number of hydrogen-bond acceptors (Lipinski definition) is 6. The Morgan fingerprint density at radius 2 is 1.31 bits per heavy atom. The average molecular weight is 484 g/mol. The van der Waals surface area contributed by atoms with Gasteiger partial charge in [0.25, 0.3) is 0 Å². The number of pyridine rings is 1. The minimum absolute atomic E-state index is 0.0456. The van der Waals surface area contributed by atoms with Gasteiger partial charge in [-0.1, -0.05) is 39.8 Å². The largest absolute Gasteiger partial charge is 0.345 e. The van der Waals surface area contributed by atoms with Gasteiger partial charge in [0.05, 0.1) is 11.0 Å². The van der Waals surface area contributed by atoms with Gasteiger partial charge in [-0.2, -0.15) is 0 Å². The normalized spacial score (nSPS) is 16.9. The predicted molar refractivity (Wildman–Crippen MR) is 148 cm³/mol. The number of fused-ring (bicyclic) bond motifs is 1. The van der Waals surface area contributed by atoms with Gasteiger partial charge in [0.1, 0.15) is 0 Å². The van der Waals surface area contributed by atoms with Crippen molar-refractivity contribution in [1.29, 1.82) is 0 Å². The lowest BCUT2D eigenvalue weighted by molar-refractivity contribution is 0.148. The lowest BCUT2D eigenvalue weighted by atomic mass is 10.2. The molecule has 0 aliphatic carbocycles. The van der Waals surface area contributed by atoms with E-state index >= 15 is 0 Å². The molecule has 2 aliphatic rings. The first kappa shape index (κ1) is 28.6. The molecule has 2 aromatic heterocycles. The molecule has 0 unspecified atom stereocenters. The Morgan fingerprint density at radius 1 is 0.771 bits per heavy atom. The van der Waals surface area contributed by atoms with Gasteiger partial charge in [-0.3, -0.25) is 9.88 Å². The Hall–Kier alpha value is -2.68. The Morgan fingerprint density at radius 3 is 1.91 bits per heavy atom. The number of para-hydroxylation sites is 2. The van der Waals surface area contributed by atoms with Crippen molar-refractivity contribution in [3.8, 4) is 0 Å². The van der Waals surface area contributed by atoms with E-state index in [0.717, 1.165) is 43.8 Å². The van der Waals surface area contributed by atoms with Crippen LogP contribution in [0.5, 0.6) is 0 Å². The van der Waals surface area contributed by atoms with E-state index in [-0.39, 0.29) is 5.69 Å². The molecule has 0 bridgehead atoms. The van der Waals surface area contributed by atoms with Crippen LogP contribution in [0.1, 0.15) is 33.3 Å². The minimum Gasteiger partial charge on any atom is -0.306 e. The van der Waals surface area contributed by atoms with E-state index in [1.165, 1.54) is 31.7 Å². The van der Waals surface area contributed by atoms with Gasteiger partial charge in [0.2, 0.25) is 0 Å². The number of nitrogens with one attached hydrogen (secondary N) is 1. The zero-order valence-corrected chi connectivity index (χ0v) is 22.6. The van der Waals surface area contributed by atoms with E-state index in [9.17, 15) is 4.79 Å². The van der Waals surface area contributed by atoms with Crippen LogP contribution in [-0.2, 0) is 6.54 Å². The van der Waals surface area contributed by atoms with Crippen molar-refractivity contribution >= 4 is 11.0 Å². The SMILES string of the molecule is CC.CC.CN1CCN(Cc2ccncc2)CC1.CN1CCN(n2c(=O)[nH]c3ccccc32)CC1. The number of imidazole rings is 1. The van der Waals surface area contributed by atoms with Crippen LogP contribution in [0.4, 0.5) is 0 Å². The molecule has 5 rings (SSSR count). The molecule has 0 radical (unpaired) electrons. The molecule has 0 atom stereocenters. The second-order valence-electron chi connectivity index (χ2n) is 8.45. The Balaban J connectivity index is 0.000000220. The van der Waals surface area contributed by atoms with Gasteiger partial charge in [-0.15, -0.1) is 0 Å². The molecule has 2 fully saturated rings. The number of hydrogen-bond donors (Lipinski definition) is 1. The van der Waals surface area contributed by atoms with Gasteiger partial charge >= 0.3 is 5.69 Å². The van der Waals surface area contributed by atoms with Crippen LogP contribution >= 0.6 is 0 Å². The van der Waals surface area contributed by atoms with Crippen molar-refractivity contribution in [3.05, 3.63) is 64.8 Å². The molecule has 0 saturated carbocycles. The van der Waals surface area contributed by atoms with E-state index < -0.39 is 0 Å². The lowest BCUT2D eigenvalue weighted by Gasteiger charge is -2.34. The molecule has 2 aliphatic heterocycles. The summed E-state index contributed by atoms with van der Waals surface area (Å²) in [6, 6.07) is 12.0. The summed E-state index contributed by atoms with van der Waals surface area (Å²) in [5.74, 6) is 0. The highest BCUT2D eigenvalue weighted by Crippen LogP contribution is 2.10. The van der Waals surface area contributed by atoms with Crippen molar-refractivity contribution in [1.82, 2.24) is 29.3 Å². The second-order valence-corrected chi connectivity index (χ2v) is 8.45. The molecule has 1 N–H and O–H groups in total. The van der Waals surface area contributed by atoms with Crippen LogP contribution in [0.25, 0.3) is 11.0 Å². The van der Waals surface area contributed by atoms with E-state index in [1.54, 1.807) is 4.68 Å². The van der Waals surface area contributed by atoms with E-state index in [4.69, 9.17) is 0 Å². The maximum atomic E-state index is 12.0. The lowest BCUT2D eigenvalue weighted by Crippen LogP contribution is -2.52. The highest BCUT2D eigenvalue weighted by atomic mass is 16.2. The Labute approximate surface area is 211 Å². The first-order valence-electron chi connectivity index (χ1n) is 13.0. The van der Waals surface area contributed by atoms with Gasteiger partial charge in [0.15, 0.2) is 0 Å². The van der Waals surface area contributed by atoms with Crippen LogP contribution in [0, 0.1) is 0 Å². The summed E-state index contributed by atoms with van der Waals surface area (Å²) >= 11 is 0. The Bertz CT molecular complexity index is 1000. The van der Waals surface area contributed by atoms with Crippen molar-refractivity contribution in [2.45, 2.75) is 34.2 Å².